The van der Waals surface area contributed by atoms with E-state index in [1.165, 1.54) is 24.1 Å². The van der Waals surface area contributed by atoms with Gasteiger partial charge in [0.15, 0.2) is 0 Å². The van der Waals surface area contributed by atoms with Gasteiger partial charge in [0.2, 0.25) is 0 Å². The first-order valence-electron chi connectivity index (χ1n) is 8.14. The Balaban J connectivity index is 1.36. The second-order valence-electron chi connectivity index (χ2n) is 5.82. The molecule has 0 unspecified atom stereocenters. The van der Waals surface area contributed by atoms with Crippen molar-refractivity contribution in [3.05, 3.63) is 35.4 Å². The van der Waals surface area contributed by atoms with Gasteiger partial charge in [0.1, 0.15) is 0 Å². The highest BCUT2D eigenvalue weighted by atomic mass is 16.5. The monoisotopic (exact) mass is 290 g/mol. The third-order valence-electron chi connectivity index (χ3n) is 4.35. The van der Waals surface area contributed by atoms with Crippen LogP contribution in [0.4, 0.5) is 0 Å². The fourth-order valence-corrected chi connectivity index (χ4v) is 3.13. The van der Waals surface area contributed by atoms with Gasteiger partial charge in [0, 0.05) is 19.6 Å². The second kappa shape index (κ2) is 7.90. The number of ether oxygens (including phenoxy) is 2. The van der Waals surface area contributed by atoms with Crippen molar-refractivity contribution in [2.24, 2.45) is 0 Å². The van der Waals surface area contributed by atoms with Crippen LogP contribution in [0.1, 0.15) is 23.7 Å². The topological polar surface area (TPSA) is 33.7 Å². The van der Waals surface area contributed by atoms with E-state index in [2.05, 4.69) is 34.5 Å². The summed E-state index contributed by atoms with van der Waals surface area (Å²) in [6.07, 6.45) is 2.45. The van der Waals surface area contributed by atoms with E-state index >= 15 is 0 Å². The molecule has 0 aromatic heterocycles. The van der Waals surface area contributed by atoms with Crippen molar-refractivity contribution in [3.8, 4) is 0 Å². The summed E-state index contributed by atoms with van der Waals surface area (Å²) < 4.78 is 11.3. The number of nitrogens with one attached hydrogen (secondary N) is 1. The van der Waals surface area contributed by atoms with Crippen LogP contribution in [0.3, 0.4) is 0 Å². The Morgan fingerprint density at radius 2 is 2.00 bits per heavy atom. The summed E-state index contributed by atoms with van der Waals surface area (Å²) in [7, 11) is 0. The number of benzene rings is 1. The second-order valence-corrected chi connectivity index (χ2v) is 5.82. The molecule has 1 aromatic carbocycles. The summed E-state index contributed by atoms with van der Waals surface area (Å²) in [5, 5.41) is 3.55. The summed E-state index contributed by atoms with van der Waals surface area (Å²) in [5.74, 6) is 0. The molecule has 2 aliphatic rings. The third kappa shape index (κ3) is 4.27. The standard InChI is InChI=1S/C17H26N2O2/c1-2-5-16-15(4-1)6-11-21-17(16)14-18-7-3-8-19-9-12-20-13-10-19/h1-2,4-5,17-18H,3,6-14H2/t17-/m1/s1. The van der Waals surface area contributed by atoms with E-state index in [0.29, 0.717) is 0 Å². The fourth-order valence-electron chi connectivity index (χ4n) is 3.13. The first kappa shape index (κ1) is 15.0. The molecule has 3 rings (SSSR count). The van der Waals surface area contributed by atoms with E-state index < -0.39 is 0 Å². The summed E-state index contributed by atoms with van der Waals surface area (Å²) in [6.45, 7) is 7.92. The highest BCUT2D eigenvalue weighted by molar-refractivity contribution is 5.31. The third-order valence-corrected chi connectivity index (χ3v) is 4.35. The lowest BCUT2D eigenvalue weighted by Crippen LogP contribution is -2.38. The van der Waals surface area contributed by atoms with E-state index in [-0.39, 0.29) is 6.10 Å². The van der Waals surface area contributed by atoms with Crippen LogP contribution in [0.25, 0.3) is 0 Å². The van der Waals surface area contributed by atoms with Gasteiger partial charge in [-0.3, -0.25) is 4.90 Å². The number of nitrogens with zero attached hydrogens (tertiary/aromatic N) is 1. The highest BCUT2D eigenvalue weighted by Crippen LogP contribution is 2.26. The lowest BCUT2D eigenvalue weighted by atomic mass is 9.97. The van der Waals surface area contributed by atoms with Crippen molar-refractivity contribution in [1.82, 2.24) is 10.2 Å². The van der Waals surface area contributed by atoms with Crippen LogP contribution in [-0.2, 0) is 15.9 Å². The summed E-state index contributed by atoms with van der Waals surface area (Å²) in [6, 6.07) is 8.66. The van der Waals surface area contributed by atoms with Gasteiger partial charge in [-0.1, -0.05) is 24.3 Å². The van der Waals surface area contributed by atoms with Crippen molar-refractivity contribution in [3.63, 3.8) is 0 Å². The molecule has 0 amide bonds. The lowest BCUT2D eigenvalue weighted by molar-refractivity contribution is 0.0355. The van der Waals surface area contributed by atoms with Gasteiger partial charge in [-0.25, -0.2) is 0 Å². The van der Waals surface area contributed by atoms with Gasteiger partial charge < -0.3 is 14.8 Å². The minimum absolute atomic E-state index is 0.221. The Hall–Kier alpha value is -0.940. The van der Waals surface area contributed by atoms with Crippen LogP contribution < -0.4 is 5.32 Å². The number of hydrogen-bond acceptors (Lipinski definition) is 4. The predicted octanol–water partition coefficient (Wildman–Crippen LogP) is 1.61. The maximum Gasteiger partial charge on any atom is 0.0952 e. The number of morpholine rings is 1. The maximum absolute atomic E-state index is 5.91. The average Bonchev–Trinajstić information content (AvgIpc) is 2.56. The number of fused-ring (bicyclic) bond motifs is 1. The molecule has 1 fully saturated rings. The quantitative estimate of drug-likeness (QED) is 0.807. The predicted molar refractivity (Wildman–Crippen MR) is 83.6 cm³/mol. The summed E-state index contributed by atoms with van der Waals surface area (Å²) in [4.78, 5) is 2.48. The number of hydrogen-bond donors (Lipinski definition) is 1. The first-order valence-corrected chi connectivity index (χ1v) is 8.14. The SMILES string of the molecule is c1ccc2c(c1)CCO[C@@H]2CNCCCN1CCOCC1. The molecular formula is C17H26N2O2. The zero-order valence-corrected chi connectivity index (χ0v) is 12.7. The van der Waals surface area contributed by atoms with Crippen LogP contribution >= 0.6 is 0 Å². The minimum atomic E-state index is 0.221. The smallest absolute Gasteiger partial charge is 0.0952 e. The van der Waals surface area contributed by atoms with Crippen molar-refractivity contribution in [2.75, 3.05) is 52.5 Å². The van der Waals surface area contributed by atoms with Crippen LogP contribution in [0, 0.1) is 0 Å². The Morgan fingerprint density at radius 1 is 1.14 bits per heavy atom. The van der Waals surface area contributed by atoms with Crippen molar-refractivity contribution in [1.29, 1.82) is 0 Å². The van der Waals surface area contributed by atoms with Gasteiger partial charge in [-0.2, -0.15) is 0 Å². The van der Waals surface area contributed by atoms with Gasteiger partial charge >= 0.3 is 0 Å². The lowest BCUT2D eigenvalue weighted by Gasteiger charge is -2.27. The maximum atomic E-state index is 5.91. The van der Waals surface area contributed by atoms with E-state index in [9.17, 15) is 0 Å². The van der Waals surface area contributed by atoms with Crippen molar-refractivity contribution in [2.45, 2.75) is 18.9 Å². The molecule has 4 heteroatoms. The molecule has 4 nitrogen and oxygen atoms in total. The molecule has 0 aliphatic carbocycles. The molecule has 2 aliphatic heterocycles. The van der Waals surface area contributed by atoms with E-state index in [1.807, 2.05) is 0 Å². The first-order chi connectivity index (χ1) is 10.4. The molecule has 1 N–H and O–H groups in total. The molecule has 1 saturated heterocycles. The molecule has 0 bridgehead atoms. The summed E-state index contributed by atoms with van der Waals surface area (Å²) >= 11 is 0. The van der Waals surface area contributed by atoms with Crippen LogP contribution in [-0.4, -0.2) is 57.4 Å². The zero-order valence-electron chi connectivity index (χ0n) is 12.7. The Bertz CT molecular complexity index is 433. The largest absolute Gasteiger partial charge is 0.379 e. The zero-order chi connectivity index (χ0) is 14.3. The fraction of sp³-hybridized carbons (Fsp3) is 0.647. The molecule has 116 valence electrons. The Kier molecular flexibility index (Phi) is 5.63. The van der Waals surface area contributed by atoms with Crippen molar-refractivity contribution >= 4 is 0 Å². The molecule has 0 radical (unpaired) electrons. The van der Waals surface area contributed by atoms with E-state index in [1.54, 1.807) is 0 Å². The Morgan fingerprint density at radius 3 is 2.90 bits per heavy atom. The van der Waals surface area contributed by atoms with Crippen LogP contribution in [0.5, 0.6) is 0 Å². The van der Waals surface area contributed by atoms with E-state index in [4.69, 9.17) is 9.47 Å². The van der Waals surface area contributed by atoms with Gasteiger partial charge in [-0.05, 0) is 37.1 Å². The van der Waals surface area contributed by atoms with Crippen LogP contribution in [0.15, 0.2) is 24.3 Å². The van der Waals surface area contributed by atoms with Crippen LogP contribution in [0.2, 0.25) is 0 Å². The van der Waals surface area contributed by atoms with Crippen molar-refractivity contribution < 1.29 is 9.47 Å². The molecule has 1 aromatic rings. The van der Waals surface area contributed by atoms with Gasteiger partial charge in [0.25, 0.3) is 0 Å². The summed E-state index contributed by atoms with van der Waals surface area (Å²) in [5.41, 5.74) is 2.81. The molecular weight excluding hydrogens is 264 g/mol. The van der Waals surface area contributed by atoms with Gasteiger partial charge in [-0.15, -0.1) is 0 Å². The minimum Gasteiger partial charge on any atom is -0.379 e. The molecule has 21 heavy (non-hydrogen) atoms. The normalized spacial score (nSPS) is 23.0. The Labute approximate surface area is 127 Å². The molecule has 0 spiro atoms. The average molecular weight is 290 g/mol. The van der Waals surface area contributed by atoms with E-state index in [0.717, 1.165) is 52.4 Å². The molecule has 2 heterocycles. The molecule has 0 saturated carbocycles. The highest BCUT2D eigenvalue weighted by Gasteiger charge is 2.19. The molecule has 1 atom stereocenters. The number of rotatable bonds is 6. The van der Waals surface area contributed by atoms with Gasteiger partial charge in [0.05, 0.1) is 25.9 Å².